The van der Waals surface area contributed by atoms with Gasteiger partial charge in [-0.1, -0.05) is 18.2 Å². The Morgan fingerprint density at radius 3 is 2.81 bits per heavy atom. The van der Waals surface area contributed by atoms with Gasteiger partial charge < -0.3 is 26.0 Å². The summed E-state index contributed by atoms with van der Waals surface area (Å²) in [5, 5.41) is 9.40. The molecule has 164 valence electrons. The highest BCUT2D eigenvalue weighted by Crippen LogP contribution is 2.17. The molecule has 9 heteroatoms. The van der Waals surface area contributed by atoms with Gasteiger partial charge in [-0.3, -0.25) is 14.6 Å². The molecule has 1 aromatic heterocycles. The van der Waals surface area contributed by atoms with E-state index in [2.05, 4.69) is 20.7 Å². The van der Waals surface area contributed by atoms with E-state index in [0.717, 1.165) is 11.8 Å². The number of nitrogens with two attached hydrogens (primary N) is 1. The van der Waals surface area contributed by atoms with Crippen LogP contribution in [0.1, 0.15) is 43.4 Å². The van der Waals surface area contributed by atoms with Crippen molar-refractivity contribution in [2.24, 2.45) is 10.9 Å². The molecule has 2 aromatic rings. The van der Waals surface area contributed by atoms with Crippen molar-refractivity contribution in [2.75, 3.05) is 11.9 Å². The number of nitrogens with one attached hydrogen (secondary N) is 2. The number of pyridine rings is 1. The lowest BCUT2D eigenvalue weighted by Gasteiger charge is -2.19. The Morgan fingerprint density at radius 2 is 2.13 bits per heavy atom. The summed E-state index contributed by atoms with van der Waals surface area (Å²) in [6.07, 6.45) is 5.84. The first kappa shape index (κ1) is 23.5. The monoisotopic (exact) mass is 425 g/mol. The van der Waals surface area contributed by atoms with Crippen LogP contribution in [0, 0.1) is 0 Å². The Morgan fingerprint density at radius 1 is 1.29 bits per heavy atom. The third-order valence-corrected chi connectivity index (χ3v) is 4.41. The van der Waals surface area contributed by atoms with Crippen molar-refractivity contribution in [3.05, 3.63) is 59.9 Å². The van der Waals surface area contributed by atoms with Crippen molar-refractivity contribution < 1.29 is 19.1 Å². The number of carbonyl (C=O) groups excluding carboxylic acids is 3. The van der Waals surface area contributed by atoms with Crippen LogP contribution in [0.3, 0.4) is 0 Å². The number of nitrogens with zero attached hydrogens (tertiary/aromatic N) is 2. The molecule has 1 amide bonds. The fraction of sp³-hybridized carbons (Fsp3) is 0.318. The van der Waals surface area contributed by atoms with Gasteiger partial charge in [-0.2, -0.15) is 5.10 Å². The zero-order valence-corrected chi connectivity index (χ0v) is 17.4. The third-order valence-electron chi connectivity index (χ3n) is 4.41. The van der Waals surface area contributed by atoms with Crippen molar-refractivity contribution in [1.29, 1.82) is 0 Å². The van der Waals surface area contributed by atoms with Crippen LogP contribution in [0.2, 0.25) is 0 Å². The largest absolute Gasteiger partial charge is 0.466 e. The lowest BCUT2D eigenvalue weighted by molar-refractivity contribution is -0.143. The Kier molecular flexibility index (Phi) is 9.67. The molecule has 0 saturated heterocycles. The summed E-state index contributed by atoms with van der Waals surface area (Å²) in [5.41, 5.74) is 2.20. The topological polar surface area (TPSA) is 136 Å². The molecule has 2 rings (SSSR count). The smallest absolute Gasteiger partial charge is 0.308 e. The molecule has 1 heterocycles. The lowest BCUT2D eigenvalue weighted by atomic mass is 10.0. The van der Waals surface area contributed by atoms with Gasteiger partial charge in [-0.15, -0.1) is 0 Å². The summed E-state index contributed by atoms with van der Waals surface area (Å²) >= 11 is 0. The second kappa shape index (κ2) is 12.7. The van der Waals surface area contributed by atoms with Gasteiger partial charge in [0, 0.05) is 24.5 Å². The van der Waals surface area contributed by atoms with Gasteiger partial charge in [0.2, 0.25) is 5.91 Å². The SMILES string of the molecule is CCOC(=O)CC(NC(=O)CCC(C=O)Nc1cccc(C=NN)c1)c1cccnc1. The molecular weight excluding hydrogens is 398 g/mol. The standard InChI is InChI=1S/C22H27N5O4/c1-2-31-22(30)12-20(17-6-4-10-24-14-17)27-21(29)9-8-19(15-28)26-18-7-3-5-16(11-18)13-25-23/h3-7,10-11,13-15,19-20,26H,2,8-9,12,23H2,1H3,(H,27,29). The first-order chi connectivity index (χ1) is 15.0. The van der Waals surface area contributed by atoms with Gasteiger partial charge in [-0.25, -0.2) is 0 Å². The molecule has 0 spiro atoms. The molecule has 0 saturated carbocycles. The van der Waals surface area contributed by atoms with Crippen LogP contribution in [0.5, 0.6) is 0 Å². The predicted octanol–water partition coefficient (Wildman–Crippen LogP) is 1.94. The van der Waals surface area contributed by atoms with Crippen molar-refractivity contribution >= 4 is 30.1 Å². The molecule has 0 aliphatic rings. The molecule has 31 heavy (non-hydrogen) atoms. The van der Waals surface area contributed by atoms with Crippen LogP contribution < -0.4 is 16.5 Å². The number of ether oxygens (including phenoxy) is 1. The average molecular weight is 425 g/mol. The number of aromatic nitrogens is 1. The summed E-state index contributed by atoms with van der Waals surface area (Å²) in [5.74, 6) is 4.47. The minimum atomic E-state index is -0.560. The number of hydrogen-bond donors (Lipinski definition) is 3. The first-order valence-electron chi connectivity index (χ1n) is 9.95. The maximum absolute atomic E-state index is 12.5. The van der Waals surface area contributed by atoms with Crippen molar-refractivity contribution in [3.63, 3.8) is 0 Å². The second-order valence-electron chi connectivity index (χ2n) is 6.74. The number of benzene rings is 1. The van der Waals surface area contributed by atoms with Crippen LogP contribution in [0.15, 0.2) is 53.9 Å². The Labute approximate surface area is 181 Å². The van der Waals surface area contributed by atoms with E-state index in [1.165, 1.54) is 6.21 Å². The van der Waals surface area contributed by atoms with E-state index in [0.29, 0.717) is 11.3 Å². The van der Waals surface area contributed by atoms with E-state index in [1.807, 2.05) is 18.2 Å². The quantitative estimate of drug-likeness (QED) is 0.155. The summed E-state index contributed by atoms with van der Waals surface area (Å²) < 4.78 is 5.00. The second-order valence-corrected chi connectivity index (χ2v) is 6.74. The molecule has 2 atom stereocenters. The maximum Gasteiger partial charge on any atom is 0.308 e. The predicted molar refractivity (Wildman–Crippen MR) is 117 cm³/mol. The Balaban J connectivity index is 1.95. The molecule has 0 radical (unpaired) electrons. The molecule has 0 aliphatic heterocycles. The number of anilines is 1. The van der Waals surface area contributed by atoms with Gasteiger partial charge in [0.25, 0.3) is 0 Å². The van der Waals surface area contributed by atoms with E-state index in [9.17, 15) is 14.4 Å². The average Bonchev–Trinajstić information content (AvgIpc) is 2.77. The van der Waals surface area contributed by atoms with E-state index in [1.54, 1.807) is 37.5 Å². The van der Waals surface area contributed by atoms with E-state index < -0.39 is 18.1 Å². The number of esters is 1. The van der Waals surface area contributed by atoms with Gasteiger partial charge in [0.05, 0.1) is 31.3 Å². The summed E-state index contributed by atoms with van der Waals surface area (Å²) in [4.78, 5) is 40.0. The van der Waals surface area contributed by atoms with Crippen LogP contribution in [-0.4, -0.2) is 42.0 Å². The molecule has 4 N–H and O–H groups in total. The van der Waals surface area contributed by atoms with Crippen molar-refractivity contribution in [3.8, 4) is 0 Å². The molecule has 9 nitrogen and oxygen atoms in total. The van der Waals surface area contributed by atoms with E-state index in [-0.39, 0.29) is 31.8 Å². The highest BCUT2D eigenvalue weighted by molar-refractivity contribution is 5.82. The highest BCUT2D eigenvalue weighted by Gasteiger charge is 2.20. The number of hydrogen-bond acceptors (Lipinski definition) is 8. The highest BCUT2D eigenvalue weighted by atomic mass is 16.5. The summed E-state index contributed by atoms with van der Waals surface area (Å²) in [6, 6.07) is 9.63. The number of amides is 1. The van der Waals surface area contributed by atoms with E-state index in [4.69, 9.17) is 10.6 Å². The number of aldehydes is 1. The van der Waals surface area contributed by atoms with E-state index >= 15 is 0 Å². The maximum atomic E-state index is 12.5. The number of hydrazone groups is 1. The van der Waals surface area contributed by atoms with Gasteiger partial charge in [-0.05, 0) is 42.7 Å². The van der Waals surface area contributed by atoms with Gasteiger partial charge in [0.1, 0.15) is 6.29 Å². The molecule has 2 unspecified atom stereocenters. The lowest BCUT2D eigenvalue weighted by Crippen LogP contribution is -2.32. The zero-order valence-electron chi connectivity index (χ0n) is 17.4. The molecule has 1 aromatic carbocycles. The van der Waals surface area contributed by atoms with Gasteiger partial charge in [0.15, 0.2) is 0 Å². The minimum Gasteiger partial charge on any atom is -0.466 e. The third kappa shape index (κ3) is 8.25. The van der Waals surface area contributed by atoms with Crippen molar-refractivity contribution in [2.45, 2.75) is 38.3 Å². The number of rotatable bonds is 12. The molecular formula is C22H27N5O4. The van der Waals surface area contributed by atoms with Gasteiger partial charge >= 0.3 is 5.97 Å². The molecule has 0 aliphatic carbocycles. The fourth-order valence-corrected chi connectivity index (χ4v) is 2.96. The van der Waals surface area contributed by atoms with Crippen LogP contribution in [0.4, 0.5) is 5.69 Å². The Bertz CT molecular complexity index is 888. The minimum absolute atomic E-state index is 0.00385. The van der Waals surface area contributed by atoms with Crippen LogP contribution in [-0.2, 0) is 19.1 Å². The molecule has 0 bridgehead atoms. The van der Waals surface area contributed by atoms with Crippen LogP contribution >= 0.6 is 0 Å². The zero-order chi connectivity index (χ0) is 22.5. The molecule has 0 fully saturated rings. The number of carbonyl (C=O) groups is 3. The first-order valence-corrected chi connectivity index (χ1v) is 9.95. The normalized spacial score (nSPS) is 12.7. The summed E-state index contributed by atoms with van der Waals surface area (Å²) in [7, 11) is 0. The fourth-order valence-electron chi connectivity index (χ4n) is 2.96. The van der Waals surface area contributed by atoms with Crippen molar-refractivity contribution in [1.82, 2.24) is 10.3 Å². The van der Waals surface area contributed by atoms with Crippen LogP contribution in [0.25, 0.3) is 0 Å². The summed E-state index contributed by atoms with van der Waals surface area (Å²) in [6.45, 7) is 1.98. The Hall–Kier alpha value is -3.75.